The Bertz CT molecular complexity index is 407. The number of hydrogen-bond acceptors (Lipinski definition) is 3. The van der Waals surface area contributed by atoms with Crippen molar-refractivity contribution < 1.29 is 4.92 Å². The minimum atomic E-state index is -0.402. The molecule has 0 aliphatic heterocycles. The highest BCUT2D eigenvalue weighted by atomic mass is 35.5. The standard InChI is InChI=1S/C12H17ClN2O2/c1-8(2)6-9(3)14-11-7-10(13)4-5-12(11)15(16)17/h4-5,7-9,14H,6H2,1-3H3. The normalized spacial score (nSPS) is 12.5. The van der Waals surface area contributed by atoms with E-state index < -0.39 is 4.92 Å². The number of benzene rings is 1. The second-order valence-corrected chi connectivity index (χ2v) is 5.03. The summed E-state index contributed by atoms with van der Waals surface area (Å²) in [5.41, 5.74) is 0.542. The number of hydrogen-bond donors (Lipinski definition) is 1. The molecule has 0 amide bonds. The van der Waals surface area contributed by atoms with Crippen LogP contribution in [-0.4, -0.2) is 11.0 Å². The molecule has 0 fully saturated rings. The minimum Gasteiger partial charge on any atom is -0.377 e. The lowest BCUT2D eigenvalue weighted by atomic mass is 10.0. The zero-order valence-electron chi connectivity index (χ0n) is 10.2. The van der Waals surface area contributed by atoms with E-state index in [9.17, 15) is 10.1 Å². The van der Waals surface area contributed by atoms with Crippen molar-refractivity contribution in [3.63, 3.8) is 0 Å². The average Bonchev–Trinajstić information content (AvgIpc) is 2.15. The molecule has 0 heterocycles. The summed E-state index contributed by atoms with van der Waals surface area (Å²) >= 11 is 5.85. The first-order valence-electron chi connectivity index (χ1n) is 5.60. The third-order valence-corrected chi connectivity index (χ3v) is 2.62. The molecule has 1 rings (SSSR count). The van der Waals surface area contributed by atoms with Crippen molar-refractivity contribution in [3.8, 4) is 0 Å². The predicted octanol–water partition coefficient (Wildman–Crippen LogP) is 4.09. The zero-order chi connectivity index (χ0) is 13.0. The van der Waals surface area contributed by atoms with E-state index in [1.54, 1.807) is 6.07 Å². The van der Waals surface area contributed by atoms with Crippen molar-refractivity contribution >= 4 is 23.0 Å². The van der Waals surface area contributed by atoms with Gasteiger partial charge in [0.05, 0.1) is 4.92 Å². The van der Waals surface area contributed by atoms with Gasteiger partial charge in [0.1, 0.15) is 5.69 Å². The molecule has 0 bridgehead atoms. The van der Waals surface area contributed by atoms with E-state index in [1.165, 1.54) is 12.1 Å². The predicted molar refractivity (Wildman–Crippen MR) is 70.6 cm³/mol. The molecule has 1 atom stereocenters. The van der Waals surface area contributed by atoms with Gasteiger partial charge in [-0.3, -0.25) is 10.1 Å². The SMILES string of the molecule is CC(C)CC(C)Nc1cc(Cl)ccc1[N+](=O)[O-]. The molecule has 0 radical (unpaired) electrons. The van der Waals surface area contributed by atoms with Crippen LogP contribution in [0.5, 0.6) is 0 Å². The maximum atomic E-state index is 10.9. The highest BCUT2D eigenvalue weighted by molar-refractivity contribution is 6.31. The van der Waals surface area contributed by atoms with E-state index in [4.69, 9.17) is 11.6 Å². The molecule has 1 aromatic rings. The summed E-state index contributed by atoms with van der Waals surface area (Å²) < 4.78 is 0. The average molecular weight is 257 g/mol. The highest BCUT2D eigenvalue weighted by Gasteiger charge is 2.16. The third kappa shape index (κ3) is 4.23. The number of halogens is 1. The molecule has 1 N–H and O–H groups in total. The van der Waals surface area contributed by atoms with E-state index in [1.807, 2.05) is 6.92 Å². The summed E-state index contributed by atoms with van der Waals surface area (Å²) in [6.45, 7) is 6.24. The number of rotatable bonds is 5. The van der Waals surface area contributed by atoms with Crippen LogP contribution in [0.1, 0.15) is 27.2 Å². The van der Waals surface area contributed by atoms with Crippen LogP contribution in [0.15, 0.2) is 18.2 Å². The van der Waals surface area contributed by atoms with Gasteiger partial charge >= 0.3 is 0 Å². The lowest BCUT2D eigenvalue weighted by Crippen LogP contribution is -2.18. The molecular weight excluding hydrogens is 240 g/mol. The smallest absolute Gasteiger partial charge is 0.292 e. The quantitative estimate of drug-likeness (QED) is 0.638. The summed E-state index contributed by atoms with van der Waals surface area (Å²) in [6.07, 6.45) is 0.948. The topological polar surface area (TPSA) is 55.2 Å². The summed E-state index contributed by atoms with van der Waals surface area (Å²) in [4.78, 5) is 10.5. The molecule has 0 aliphatic rings. The van der Waals surface area contributed by atoms with Crippen molar-refractivity contribution in [2.24, 2.45) is 5.92 Å². The Balaban J connectivity index is 2.88. The minimum absolute atomic E-state index is 0.0602. The van der Waals surface area contributed by atoms with Crippen LogP contribution in [0.3, 0.4) is 0 Å². The maximum absolute atomic E-state index is 10.9. The van der Waals surface area contributed by atoms with E-state index >= 15 is 0 Å². The van der Waals surface area contributed by atoms with Gasteiger partial charge in [0.15, 0.2) is 0 Å². The Morgan fingerprint density at radius 3 is 2.59 bits per heavy atom. The van der Waals surface area contributed by atoms with Crippen molar-refractivity contribution in [2.75, 3.05) is 5.32 Å². The summed E-state index contributed by atoms with van der Waals surface area (Å²) in [5, 5.41) is 14.5. The van der Waals surface area contributed by atoms with Crippen molar-refractivity contribution in [2.45, 2.75) is 33.2 Å². The fourth-order valence-corrected chi connectivity index (χ4v) is 1.99. The van der Waals surface area contributed by atoms with Crippen molar-refractivity contribution in [3.05, 3.63) is 33.3 Å². The van der Waals surface area contributed by atoms with Crippen molar-refractivity contribution in [1.29, 1.82) is 0 Å². The van der Waals surface area contributed by atoms with Gasteiger partial charge in [-0.25, -0.2) is 0 Å². The summed E-state index contributed by atoms with van der Waals surface area (Å²) in [6, 6.07) is 4.72. The van der Waals surface area contributed by atoms with Gasteiger partial charge in [-0.15, -0.1) is 0 Å². The van der Waals surface area contributed by atoms with E-state index in [0.717, 1.165) is 6.42 Å². The number of anilines is 1. The van der Waals surface area contributed by atoms with Gasteiger partial charge < -0.3 is 5.32 Å². The molecule has 0 saturated carbocycles. The van der Waals surface area contributed by atoms with Crippen LogP contribution >= 0.6 is 11.6 Å². The largest absolute Gasteiger partial charge is 0.377 e. The second-order valence-electron chi connectivity index (χ2n) is 4.59. The van der Waals surface area contributed by atoms with Crippen LogP contribution in [0.2, 0.25) is 5.02 Å². The number of nitrogens with zero attached hydrogens (tertiary/aromatic N) is 1. The van der Waals surface area contributed by atoms with Gasteiger partial charge in [-0.2, -0.15) is 0 Å². The number of nitro benzene ring substituents is 1. The molecule has 0 saturated heterocycles. The number of nitro groups is 1. The highest BCUT2D eigenvalue weighted by Crippen LogP contribution is 2.28. The van der Waals surface area contributed by atoms with Crippen LogP contribution in [0, 0.1) is 16.0 Å². The first-order chi connectivity index (χ1) is 7.90. The first kappa shape index (κ1) is 13.8. The van der Waals surface area contributed by atoms with Gasteiger partial charge in [-0.05, 0) is 31.4 Å². The molecule has 1 unspecified atom stereocenters. The Kier molecular flexibility index (Phi) is 4.75. The lowest BCUT2D eigenvalue weighted by Gasteiger charge is -2.17. The maximum Gasteiger partial charge on any atom is 0.292 e. The molecule has 5 heteroatoms. The second kappa shape index (κ2) is 5.87. The number of nitrogens with one attached hydrogen (secondary N) is 1. The van der Waals surface area contributed by atoms with E-state index in [0.29, 0.717) is 16.6 Å². The molecule has 0 spiro atoms. The fourth-order valence-electron chi connectivity index (χ4n) is 1.81. The fraction of sp³-hybridized carbons (Fsp3) is 0.500. The van der Waals surface area contributed by atoms with Gasteiger partial charge in [0, 0.05) is 17.1 Å². The Morgan fingerprint density at radius 2 is 2.06 bits per heavy atom. The molecular formula is C12H17ClN2O2. The van der Waals surface area contributed by atoms with Gasteiger partial charge in [0.25, 0.3) is 5.69 Å². The van der Waals surface area contributed by atoms with Gasteiger partial charge in [0.2, 0.25) is 0 Å². The molecule has 94 valence electrons. The van der Waals surface area contributed by atoms with E-state index in [2.05, 4.69) is 19.2 Å². The Labute approximate surface area is 106 Å². The van der Waals surface area contributed by atoms with Crippen LogP contribution in [0.25, 0.3) is 0 Å². The monoisotopic (exact) mass is 256 g/mol. The zero-order valence-corrected chi connectivity index (χ0v) is 11.0. The molecule has 17 heavy (non-hydrogen) atoms. The van der Waals surface area contributed by atoms with Crippen LogP contribution in [-0.2, 0) is 0 Å². The lowest BCUT2D eigenvalue weighted by molar-refractivity contribution is -0.384. The summed E-state index contributed by atoms with van der Waals surface area (Å²) in [7, 11) is 0. The third-order valence-electron chi connectivity index (χ3n) is 2.38. The Morgan fingerprint density at radius 1 is 1.41 bits per heavy atom. The van der Waals surface area contributed by atoms with Crippen LogP contribution in [0.4, 0.5) is 11.4 Å². The first-order valence-corrected chi connectivity index (χ1v) is 5.98. The van der Waals surface area contributed by atoms with Crippen LogP contribution < -0.4 is 5.32 Å². The van der Waals surface area contributed by atoms with Crippen molar-refractivity contribution in [1.82, 2.24) is 0 Å². The molecule has 0 aromatic heterocycles. The summed E-state index contributed by atoms with van der Waals surface area (Å²) in [5.74, 6) is 0.538. The molecule has 4 nitrogen and oxygen atoms in total. The van der Waals surface area contributed by atoms with Gasteiger partial charge in [-0.1, -0.05) is 25.4 Å². The molecule has 0 aliphatic carbocycles. The van der Waals surface area contributed by atoms with E-state index in [-0.39, 0.29) is 11.7 Å². The Hall–Kier alpha value is -1.29. The molecule has 1 aromatic carbocycles.